The van der Waals surface area contributed by atoms with Crippen LogP contribution < -0.4 is 15.2 Å². The minimum atomic E-state index is -0.136. The molecule has 24 heavy (non-hydrogen) atoms. The first-order valence-electron chi connectivity index (χ1n) is 7.76. The second-order valence-electron chi connectivity index (χ2n) is 5.25. The summed E-state index contributed by atoms with van der Waals surface area (Å²) in [4.78, 5) is 11.8. The van der Waals surface area contributed by atoms with E-state index in [9.17, 15) is 4.79 Å². The van der Waals surface area contributed by atoms with Gasteiger partial charge in [0.2, 0.25) is 0 Å². The summed E-state index contributed by atoms with van der Waals surface area (Å²) in [5, 5.41) is 4.23. The van der Waals surface area contributed by atoms with E-state index in [0.29, 0.717) is 18.1 Å². The summed E-state index contributed by atoms with van der Waals surface area (Å²) in [6.07, 6.45) is 0. The third-order valence-electron chi connectivity index (χ3n) is 3.60. The summed E-state index contributed by atoms with van der Waals surface area (Å²) < 4.78 is 14.3. The molecule has 0 amide bonds. The molecule has 0 aliphatic rings. The zero-order valence-electron chi connectivity index (χ0n) is 13.7. The molecule has 3 aromatic rings. The van der Waals surface area contributed by atoms with Crippen molar-refractivity contribution < 1.29 is 9.47 Å². The van der Waals surface area contributed by atoms with Gasteiger partial charge in [0.25, 0.3) is 0 Å². The largest absolute Gasteiger partial charge is 0.486 e. The molecule has 1 aromatic heterocycles. The van der Waals surface area contributed by atoms with Crippen molar-refractivity contribution in [3.05, 3.63) is 70.9 Å². The van der Waals surface area contributed by atoms with Crippen LogP contribution in [0.15, 0.2) is 59.4 Å². The summed E-state index contributed by atoms with van der Waals surface area (Å²) in [6.45, 7) is 2.65. The van der Waals surface area contributed by atoms with Gasteiger partial charge < -0.3 is 9.47 Å². The average molecular weight is 325 g/mol. The van der Waals surface area contributed by atoms with Crippen LogP contribution in [0, 0.1) is 0 Å². The van der Waals surface area contributed by atoms with Crippen LogP contribution in [-0.4, -0.2) is 14.3 Å². The molecule has 1 heterocycles. The Bertz CT molecular complexity index is 851. The molecule has 2 aromatic carbocycles. The van der Waals surface area contributed by atoms with E-state index in [-0.39, 0.29) is 12.3 Å². The maximum Gasteiger partial charge on any atom is 0.345 e. The molecule has 0 N–H and O–H groups in total. The van der Waals surface area contributed by atoms with Gasteiger partial charge in [-0.25, -0.2) is 9.48 Å². The fourth-order valence-corrected chi connectivity index (χ4v) is 2.24. The second kappa shape index (κ2) is 7.04. The Morgan fingerprint density at radius 3 is 2.21 bits per heavy atom. The molecule has 0 aliphatic heterocycles. The van der Waals surface area contributed by atoms with Crippen molar-refractivity contribution in [3.63, 3.8) is 0 Å². The molecular weight excluding hydrogens is 306 g/mol. The fourth-order valence-electron chi connectivity index (χ4n) is 2.24. The number of para-hydroxylation sites is 1. The average Bonchev–Trinajstić information content (AvgIpc) is 2.90. The van der Waals surface area contributed by atoms with Crippen LogP contribution >= 0.6 is 0 Å². The Hall–Kier alpha value is -3.02. The predicted octanol–water partition coefficient (Wildman–Crippen LogP) is 2.97. The van der Waals surface area contributed by atoms with Crippen molar-refractivity contribution >= 4 is 0 Å². The van der Waals surface area contributed by atoms with E-state index < -0.39 is 0 Å². The number of benzene rings is 2. The van der Waals surface area contributed by atoms with Gasteiger partial charge in [-0.1, -0.05) is 18.2 Å². The van der Waals surface area contributed by atoms with E-state index in [1.807, 2.05) is 61.5 Å². The number of ether oxygens (including phenoxy) is 2. The molecule has 6 heteroatoms. The van der Waals surface area contributed by atoms with E-state index in [2.05, 4.69) is 5.10 Å². The molecule has 0 saturated heterocycles. The standard InChI is InChI=1S/C18H19N3O3/c1-3-21-18(22)20(2)17(19-21)13-23-14-9-11-16(12-10-14)24-15-7-5-4-6-8-15/h4-12H,3,13H2,1-2H3. The van der Waals surface area contributed by atoms with Crippen LogP contribution in [0.1, 0.15) is 12.7 Å². The Labute approximate surface area is 139 Å². The van der Waals surface area contributed by atoms with Gasteiger partial charge in [-0.3, -0.25) is 4.57 Å². The highest BCUT2D eigenvalue weighted by Gasteiger charge is 2.09. The van der Waals surface area contributed by atoms with Crippen molar-refractivity contribution in [2.75, 3.05) is 0 Å². The van der Waals surface area contributed by atoms with E-state index in [1.165, 1.54) is 9.25 Å². The van der Waals surface area contributed by atoms with E-state index in [4.69, 9.17) is 9.47 Å². The maximum atomic E-state index is 11.8. The molecule has 6 nitrogen and oxygen atoms in total. The van der Waals surface area contributed by atoms with Crippen LogP contribution in [0.2, 0.25) is 0 Å². The molecule has 0 fully saturated rings. The molecule has 0 spiro atoms. The number of aromatic nitrogens is 3. The van der Waals surface area contributed by atoms with Gasteiger partial charge in [-0.05, 0) is 43.3 Å². The lowest BCUT2D eigenvalue weighted by Gasteiger charge is -2.08. The molecule has 0 atom stereocenters. The van der Waals surface area contributed by atoms with Gasteiger partial charge in [0.15, 0.2) is 5.82 Å². The van der Waals surface area contributed by atoms with Gasteiger partial charge in [0.1, 0.15) is 23.9 Å². The number of rotatable bonds is 6. The number of nitrogens with zero attached hydrogens (tertiary/aromatic N) is 3. The minimum Gasteiger partial charge on any atom is -0.486 e. The van der Waals surface area contributed by atoms with E-state index in [1.54, 1.807) is 7.05 Å². The Morgan fingerprint density at radius 2 is 1.58 bits per heavy atom. The lowest BCUT2D eigenvalue weighted by atomic mass is 10.3. The van der Waals surface area contributed by atoms with Gasteiger partial charge >= 0.3 is 5.69 Å². The normalized spacial score (nSPS) is 10.6. The van der Waals surface area contributed by atoms with Crippen molar-refractivity contribution in [1.29, 1.82) is 0 Å². The van der Waals surface area contributed by atoms with Crippen molar-refractivity contribution in [2.45, 2.75) is 20.1 Å². The van der Waals surface area contributed by atoms with Gasteiger partial charge in [0.05, 0.1) is 0 Å². The zero-order chi connectivity index (χ0) is 16.9. The van der Waals surface area contributed by atoms with Crippen LogP contribution in [-0.2, 0) is 20.2 Å². The molecule has 0 aliphatic carbocycles. The summed E-state index contributed by atoms with van der Waals surface area (Å²) >= 11 is 0. The molecule has 124 valence electrons. The quantitative estimate of drug-likeness (QED) is 0.699. The number of hydrogen-bond acceptors (Lipinski definition) is 4. The minimum absolute atomic E-state index is 0.136. The molecule has 0 saturated carbocycles. The van der Waals surface area contributed by atoms with Crippen LogP contribution in [0.3, 0.4) is 0 Å². The van der Waals surface area contributed by atoms with Gasteiger partial charge in [-0.15, -0.1) is 0 Å². The molecule has 0 unspecified atom stereocenters. The third kappa shape index (κ3) is 3.48. The zero-order valence-corrected chi connectivity index (χ0v) is 13.7. The van der Waals surface area contributed by atoms with E-state index in [0.717, 1.165) is 11.5 Å². The second-order valence-corrected chi connectivity index (χ2v) is 5.25. The van der Waals surface area contributed by atoms with Crippen molar-refractivity contribution in [2.24, 2.45) is 7.05 Å². The topological polar surface area (TPSA) is 58.3 Å². The van der Waals surface area contributed by atoms with Gasteiger partial charge in [0, 0.05) is 13.6 Å². The van der Waals surface area contributed by atoms with Crippen molar-refractivity contribution in [3.8, 4) is 17.2 Å². The summed E-state index contributed by atoms with van der Waals surface area (Å²) in [5.41, 5.74) is -0.136. The lowest BCUT2D eigenvalue weighted by molar-refractivity contribution is 0.289. The first-order valence-corrected chi connectivity index (χ1v) is 7.76. The third-order valence-corrected chi connectivity index (χ3v) is 3.60. The lowest BCUT2D eigenvalue weighted by Crippen LogP contribution is -2.22. The predicted molar refractivity (Wildman–Crippen MR) is 90.4 cm³/mol. The maximum absolute atomic E-state index is 11.8. The first-order chi connectivity index (χ1) is 11.7. The molecule has 0 bridgehead atoms. The fraction of sp³-hybridized carbons (Fsp3) is 0.222. The smallest absolute Gasteiger partial charge is 0.345 e. The molecular formula is C18H19N3O3. The number of aryl methyl sites for hydroxylation is 1. The SMILES string of the molecule is CCn1nc(COc2ccc(Oc3ccccc3)cc2)n(C)c1=O. The van der Waals surface area contributed by atoms with Gasteiger partial charge in [-0.2, -0.15) is 5.10 Å². The Morgan fingerprint density at radius 1 is 0.958 bits per heavy atom. The van der Waals surface area contributed by atoms with Crippen molar-refractivity contribution in [1.82, 2.24) is 14.3 Å². The monoisotopic (exact) mass is 325 g/mol. The Kier molecular flexibility index (Phi) is 4.65. The summed E-state index contributed by atoms with van der Waals surface area (Å²) in [6, 6.07) is 16.9. The number of hydrogen-bond donors (Lipinski definition) is 0. The highest BCUT2D eigenvalue weighted by atomic mass is 16.5. The summed E-state index contributed by atoms with van der Waals surface area (Å²) in [5.74, 6) is 2.79. The van der Waals surface area contributed by atoms with Crippen LogP contribution in [0.25, 0.3) is 0 Å². The molecule has 3 rings (SSSR count). The Balaban J connectivity index is 1.63. The highest BCUT2D eigenvalue weighted by molar-refractivity contribution is 5.35. The highest BCUT2D eigenvalue weighted by Crippen LogP contribution is 2.23. The van der Waals surface area contributed by atoms with Crippen LogP contribution in [0.5, 0.6) is 17.2 Å². The van der Waals surface area contributed by atoms with Crippen LogP contribution in [0.4, 0.5) is 0 Å². The first kappa shape index (κ1) is 15.9. The molecule has 0 radical (unpaired) electrons. The van der Waals surface area contributed by atoms with E-state index >= 15 is 0 Å². The summed E-state index contributed by atoms with van der Waals surface area (Å²) in [7, 11) is 1.69.